The third kappa shape index (κ3) is 3.64. The molecule has 0 saturated carbocycles. The standard InChI is InChI=1S/C14H23N3O2/c1-9(15-7-6-12-5-4-8-19-12)13-10(2)16-11(3)17-14(13)18/h9,12,15H,4-8H2,1-3H3,(H,16,17,18). The van der Waals surface area contributed by atoms with Crippen LogP contribution >= 0.6 is 0 Å². The molecule has 5 heteroatoms. The molecule has 1 aromatic rings. The Hall–Kier alpha value is -1.20. The van der Waals surface area contributed by atoms with Gasteiger partial charge in [0.05, 0.1) is 11.7 Å². The van der Waals surface area contributed by atoms with Crippen LogP contribution in [0.4, 0.5) is 0 Å². The van der Waals surface area contributed by atoms with Gasteiger partial charge in [0.15, 0.2) is 0 Å². The molecular weight excluding hydrogens is 242 g/mol. The average molecular weight is 265 g/mol. The summed E-state index contributed by atoms with van der Waals surface area (Å²) >= 11 is 0. The molecule has 2 atom stereocenters. The molecule has 1 aliphatic rings. The molecule has 2 unspecified atom stereocenters. The summed E-state index contributed by atoms with van der Waals surface area (Å²) in [6, 6.07) is 0.0123. The van der Waals surface area contributed by atoms with E-state index >= 15 is 0 Å². The summed E-state index contributed by atoms with van der Waals surface area (Å²) in [7, 11) is 0. The monoisotopic (exact) mass is 265 g/mol. The highest BCUT2D eigenvalue weighted by Crippen LogP contribution is 2.16. The van der Waals surface area contributed by atoms with Crippen molar-refractivity contribution in [2.75, 3.05) is 13.2 Å². The van der Waals surface area contributed by atoms with Crippen LogP contribution in [-0.2, 0) is 4.74 Å². The fourth-order valence-electron chi connectivity index (χ4n) is 2.68. The lowest BCUT2D eigenvalue weighted by molar-refractivity contribution is 0.103. The summed E-state index contributed by atoms with van der Waals surface area (Å²) < 4.78 is 5.58. The summed E-state index contributed by atoms with van der Waals surface area (Å²) in [5.74, 6) is 0.665. The van der Waals surface area contributed by atoms with Crippen LogP contribution in [0.2, 0.25) is 0 Å². The molecule has 1 saturated heterocycles. The minimum Gasteiger partial charge on any atom is -0.378 e. The van der Waals surface area contributed by atoms with Gasteiger partial charge < -0.3 is 15.0 Å². The van der Waals surface area contributed by atoms with Gasteiger partial charge in [-0.2, -0.15) is 0 Å². The molecular formula is C14H23N3O2. The van der Waals surface area contributed by atoms with E-state index in [-0.39, 0.29) is 11.6 Å². The van der Waals surface area contributed by atoms with Gasteiger partial charge in [-0.1, -0.05) is 0 Å². The number of nitrogens with zero attached hydrogens (tertiary/aromatic N) is 1. The van der Waals surface area contributed by atoms with Crippen molar-refractivity contribution in [3.05, 3.63) is 27.4 Å². The molecule has 0 spiro atoms. The SMILES string of the molecule is Cc1nc(C)c(C(C)NCCC2CCCO2)c(=O)[nH]1. The number of rotatable bonds is 5. The average Bonchev–Trinajstić information content (AvgIpc) is 2.80. The second-order valence-electron chi connectivity index (χ2n) is 5.25. The highest BCUT2D eigenvalue weighted by Gasteiger charge is 2.17. The minimum absolute atomic E-state index is 0.0123. The predicted octanol–water partition coefficient (Wildman–Crippen LogP) is 1.61. The topological polar surface area (TPSA) is 67.0 Å². The van der Waals surface area contributed by atoms with Crippen molar-refractivity contribution in [1.82, 2.24) is 15.3 Å². The van der Waals surface area contributed by atoms with E-state index in [0.29, 0.717) is 11.9 Å². The Balaban J connectivity index is 1.92. The molecule has 1 aliphatic heterocycles. The second kappa shape index (κ2) is 6.30. The molecule has 5 nitrogen and oxygen atoms in total. The van der Waals surface area contributed by atoms with Gasteiger partial charge in [0.2, 0.25) is 0 Å². The van der Waals surface area contributed by atoms with E-state index in [1.165, 1.54) is 6.42 Å². The van der Waals surface area contributed by atoms with Crippen LogP contribution in [0.3, 0.4) is 0 Å². The van der Waals surface area contributed by atoms with Gasteiger partial charge in [0, 0.05) is 18.3 Å². The van der Waals surface area contributed by atoms with E-state index in [4.69, 9.17) is 4.74 Å². The van der Waals surface area contributed by atoms with E-state index in [1.807, 2.05) is 13.8 Å². The lowest BCUT2D eigenvalue weighted by Crippen LogP contribution is -2.29. The minimum atomic E-state index is -0.0397. The molecule has 0 radical (unpaired) electrons. The van der Waals surface area contributed by atoms with Gasteiger partial charge in [-0.25, -0.2) is 4.98 Å². The zero-order valence-electron chi connectivity index (χ0n) is 12.0. The van der Waals surface area contributed by atoms with Crippen LogP contribution in [0.25, 0.3) is 0 Å². The molecule has 1 aromatic heterocycles. The molecule has 1 fully saturated rings. The quantitative estimate of drug-likeness (QED) is 0.848. The first-order valence-electron chi connectivity index (χ1n) is 7.00. The number of aryl methyl sites for hydroxylation is 2. The number of ether oxygens (including phenoxy) is 1. The van der Waals surface area contributed by atoms with E-state index < -0.39 is 0 Å². The van der Waals surface area contributed by atoms with Gasteiger partial charge in [0.1, 0.15) is 5.82 Å². The Morgan fingerprint density at radius 1 is 1.53 bits per heavy atom. The summed E-state index contributed by atoms with van der Waals surface area (Å²) in [6.45, 7) is 7.44. The molecule has 2 heterocycles. The Labute approximate surface area is 113 Å². The smallest absolute Gasteiger partial charge is 0.255 e. The number of H-pyrrole nitrogens is 1. The van der Waals surface area contributed by atoms with Gasteiger partial charge in [-0.05, 0) is 46.6 Å². The Kier molecular flexibility index (Phi) is 4.71. The highest BCUT2D eigenvalue weighted by molar-refractivity contribution is 5.19. The zero-order valence-corrected chi connectivity index (χ0v) is 12.0. The molecule has 0 aromatic carbocycles. The summed E-state index contributed by atoms with van der Waals surface area (Å²) in [5.41, 5.74) is 1.50. The molecule has 106 valence electrons. The summed E-state index contributed by atoms with van der Waals surface area (Å²) in [4.78, 5) is 19.0. The van der Waals surface area contributed by atoms with Crippen LogP contribution in [0.15, 0.2) is 4.79 Å². The fourth-order valence-corrected chi connectivity index (χ4v) is 2.68. The first kappa shape index (κ1) is 14.2. The van der Waals surface area contributed by atoms with Crippen LogP contribution in [0.1, 0.15) is 49.3 Å². The first-order valence-corrected chi connectivity index (χ1v) is 7.00. The van der Waals surface area contributed by atoms with Crippen molar-refractivity contribution in [2.24, 2.45) is 0 Å². The maximum absolute atomic E-state index is 12.0. The molecule has 2 rings (SSSR count). The van der Waals surface area contributed by atoms with Crippen molar-refractivity contribution in [3.8, 4) is 0 Å². The van der Waals surface area contributed by atoms with Crippen molar-refractivity contribution < 1.29 is 4.74 Å². The van der Waals surface area contributed by atoms with E-state index in [0.717, 1.165) is 37.3 Å². The number of aromatic amines is 1. The summed E-state index contributed by atoms with van der Waals surface area (Å²) in [5, 5.41) is 3.39. The van der Waals surface area contributed by atoms with Crippen LogP contribution < -0.4 is 10.9 Å². The van der Waals surface area contributed by atoms with Gasteiger partial charge in [-0.3, -0.25) is 4.79 Å². The number of nitrogens with one attached hydrogen (secondary N) is 2. The van der Waals surface area contributed by atoms with Gasteiger partial charge >= 0.3 is 0 Å². The van der Waals surface area contributed by atoms with Crippen molar-refractivity contribution in [2.45, 2.75) is 52.2 Å². The van der Waals surface area contributed by atoms with E-state index in [1.54, 1.807) is 6.92 Å². The maximum Gasteiger partial charge on any atom is 0.255 e. The Morgan fingerprint density at radius 3 is 2.95 bits per heavy atom. The largest absolute Gasteiger partial charge is 0.378 e. The maximum atomic E-state index is 12.0. The number of aromatic nitrogens is 2. The first-order chi connectivity index (χ1) is 9.08. The Morgan fingerprint density at radius 2 is 2.32 bits per heavy atom. The third-order valence-electron chi connectivity index (χ3n) is 3.64. The molecule has 2 N–H and O–H groups in total. The normalized spacial score (nSPS) is 20.7. The van der Waals surface area contributed by atoms with Crippen molar-refractivity contribution >= 4 is 0 Å². The molecule has 0 bridgehead atoms. The fraction of sp³-hybridized carbons (Fsp3) is 0.714. The van der Waals surface area contributed by atoms with Gasteiger partial charge in [-0.15, -0.1) is 0 Å². The van der Waals surface area contributed by atoms with Crippen molar-refractivity contribution in [1.29, 1.82) is 0 Å². The Bertz CT molecular complexity index is 478. The van der Waals surface area contributed by atoms with E-state index in [2.05, 4.69) is 15.3 Å². The van der Waals surface area contributed by atoms with E-state index in [9.17, 15) is 4.79 Å². The number of hydrogen-bond donors (Lipinski definition) is 2. The number of hydrogen-bond acceptors (Lipinski definition) is 4. The second-order valence-corrected chi connectivity index (χ2v) is 5.25. The van der Waals surface area contributed by atoms with Crippen molar-refractivity contribution in [3.63, 3.8) is 0 Å². The lowest BCUT2D eigenvalue weighted by Gasteiger charge is -2.17. The van der Waals surface area contributed by atoms with Crippen LogP contribution in [0.5, 0.6) is 0 Å². The predicted molar refractivity (Wildman–Crippen MR) is 74.3 cm³/mol. The summed E-state index contributed by atoms with van der Waals surface area (Å²) in [6.07, 6.45) is 3.71. The molecule has 19 heavy (non-hydrogen) atoms. The molecule has 0 amide bonds. The third-order valence-corrected chi connectivity index (χ3v) is 3.64. The molecule has 0 aliphatic carbocycles. The van der Waals surface area contributed by atoms with Gasteiger partial charge in [0.25, 0.3) is 5.56 Å². The lowest BCUT2D eigenvalue weighted by atomic mass is 10.1. The zero-order chi connectivity index (χ0) is 13.8. The van der Waals surface area contributed by atoms with Crippen LogP contribution in [0, 0.1) is 13.8 Å². The van der Waals surface area contributed by atoms with Crippen LogP contribution in [-0.4, -0.2) is 29.2 Å². The highest BCUT2D eigenvalue weighted by atomic mass is 16.5.